The van der Waals surface area contributed by atoms with E-state index < -0.39 is 23.4 Å². The van der Waals surface area contributed by atoms with Crippen LogP contribution in [0.15, 0.2) is 60.5 Å². The van der Waals surface area contributed by atoms with Gasteiger partial charge in [-0.05, 0) is 6.07 Å². The minimum absolute atomic E-state index is 0.0559. The Hall–Kier alpha value is -3.37. The van der Waals surface area contributed by atoms with Crippen LogP contribution in [0, 0.1) is 10.1 Å². The van der Waals surface area contributed by atoms with Gasteiger partial charge in [0.25, 0.3) is 5.91 Å². The number of hydrogen-bond acceptors (Lipinski definition) is 8. The molecule has 0 unspecified atom stereocenters. The Morgan fingerprint density at radius 3 is 2.66 bits per heavy atom. The summed E-state index contributed by atoms with van der Waals surface area (Å²) >= 11 is 1.98. The number of carbonyl (C=O) groups is 2. The van der Waals surface area contributed by atoms with Gasteiger partial charge in [-0.25, -0.2) is 9.78 Å². The first-order valence-corrected chi connectivity index (χ1v) is 10.0. The second kappa shape index (κ2) is 9.22. The van der Waals surface area contributed by atoms with Gasteiger partial charge in [-0.2, -0.15) is 0 Å². The number of nitrogens with zero attached hydrogens (tertiary/aromatic N) is 3. The molecule has 0 N–H and O–H groups in total. The largest absolute Gasteiger partial charge is 0.451 e. The molecule has 0 aliphatic rings. The number of anilines is 1. The van der Waals surface area contributed by atoms with Crippen LogP contribution in [0.2, 0.25) is 0 Å². The van der Waals surface area contributed by atoms with E-state index in [-0.39, 0.29) is 16.4 Å². The summed E-state index contributed by atoms with van der Waals surface area (Å²) in [6.45, 7) is 3.33. The lowest BCUT2D eigenvalue weighted by molar-refractivity contribution is -0.380. The lowest BCUT2D eigenvalue weighted by Crippen LogP contribution is -2.34. The van der Waals surface area contributed by atoms with Crippen LogP contribution in [0.1, 0.15) is 9.67 Å². The molecule has 0 fully saturated rings. The maximum Gasteiger partial charge on any atom is 0.349 e. The van der Waals surface area contributed by atoms with Gasteiger partial charge in [-0.3, -0.25) is 19.8 Å². The van der Waals surface area contributed by atoms with Crippen molar-refractivity contribution in [2.45, 2.75) is 0 Å². The van der Waals surface area contributed by atoms with Crippen LogP contribution in [0.25, 0.3) is 11.3 Å². The average Bonchev–Trinajstić information content (AvgIpc) is 3.41. The molecule has 148 valence electrons. The second-order valence-electron chi connectivity index (χ2n) is 5.65. The Morgan fingerprint density at radius 1 is 1.24 bits per heavy atom. The highest BCUT2D eigenvalue weighted by atomic mass is 32.1. The monoisotopic (exact) mass is 429 g/mol. The average molecular weight is 429 g/mol. The van der Waals surface area contributed by atoms with E-state index in [9.17, 15) is 19.7 Å². The number of ether oxygens (including phenoxy) is 1. The van der Waals surface area contributed by atoms with Crippen LogP contribution in [0.3, 0.4) is 0 Å². The van der Waals surface area contributed by atoms with Crippen molar-refractivity contribution in [3.05, 3.63) is 75.5 Å². The van der Waals surface area contributed by atoms with Crippen LogP contribution < -0.4 is 4.90 Å². The predicted molar refractivity (Wildman–Crippen MR) is 111 cm³/mol. The van der Waals surface area contributed by atoms with E-state index in [0.29, 0.717) is 16.5 Å². The summed E-state index contributed by atoms with van der Waals surface area (Å²) in [5.41, 5.74) is 1.65. The topological polar surface area (TPSA) is 103 Å². The highest BCUT2D eigenvalue weighted by Gasteiger charge is 2.22. The number of benzene rings is 1. The number of amides is 1. The molecule has 3 aromatic rings. The number of hydrogen-bond donors (Lipinski definition) is 0. The number of nitro groups is 1. The minimum Gasteiger partial charge on any atom is -0.451 e. The molecule has 3 rings (SSSR count). The Kier molecular flexibility index (Phi) is 6.47. The Bertz CT molecular complexity index is 1050. The van der Waals surface area contributed by atoms with Gasteiger partial charge >= 0.3 is 11.0 Å². The summed E-state index contributed by atoms with van der Waals surface area (Å²) in [6, 6.07) is 12.0. The summed E-state index contributed by atoms with van der Waals surface area (Å²) < 4.78 is 5.02. The first-order chi connectivity index (χ1) is 14.0. The molecule has 1 aromatic carbocycles. The van der Waals surface area contributed by atoms with Crippen molar-refractivity contribution >= 4 is 44.7 Å². The van der Waals surface area contributed by atoms with Crippen molar-refractivity contribution < 1.29 is 19.2 Å². The molecule has 0 saturated carbocycles. The van der Waals surface area contributed by atoms with E-state index in [1.54, 1.807) is 6.08 Å². The van der Waals surface area contributed by atoms with Gasteiger partial charge < -0.3 is 4.74 Å². The maximum atomic E-state index is 12.6. The molecule has 0 spiro atoms. The van der Waals surface area contributed by atoms with Crippen molar-refractivity contribution in [3.63, 3.8) is 0 Å². The lowest BCUT2D eigenvalue weighted by atomic mass is 10.2. The van der Waals surface area contributed by atoms with E-state index in [2.05, 4.69) is 11.6 Å². The molecule has 1 amide bonds. The summed E-state index contributed by atoms with van der Waals surface area (Å²) in [7, 11) is 0. The van der Waals surface area contributed by atoms with E-state index in [1.165, 1.54) is 28.4 Å². The van der Waals surface area contributed by atoms with Gasteiger partial charge in [-0.1, -0.05) is 47.7 Å². The lowest BCUT2D eigenvalue weighted by Gasteiger charge is -2.17. The zero-order valence-electron chi connectivity index (χ0n) is 15.0. The number of thiazole rings is 1. The zero-order chi connectivity index (χ0) is 20.8. The Labute approximate surface area is 173 Å². The maximum absolute atomic E-state index is 12.6. The molecular weight excluding hydrogens is 414 g/mol. The molecule has 0 aliphatic heterocycles. The minimum atomic E-state index is -0.792. The highest BCUT2D eigenvalue weighted by molar-refractivity contribution is 7.17. The summed E-state index contributed by atoms with van der Waals surface area (Å²) in [5, 5.41) is 12.8. The quantitative estimate of drug-likeness (QED) is 0.231. The molecular formula is C19H15N3O5S2. The van der Waals surface area contributed by atoms with E-state index in [1.807, 2.05) is 35.7 Å². The number of rotatable bonds is 8. The van der Waals surface area contributed by atoms with Gasteiger partial charge in [0.1, 0.15) is 4.88 Å². The van der Waals surface area contributed by atoms with Crippen molar-refractivity contribution in [1.82, 2.24) is 4.98 Å². The summed E-state index contributed by atoms with van der Waals surface area (Å²) in [6.07, 6.45) is 1.55. The van der Waals surface area contributed by atoms with Crippen molar-refractivity contribution in [1.29, 1.82) is 0 Å². The van der Waals surface area contributed by atoms with Gasteiger partial charge in [0.2, 0.25) is 0 Å². The summed E-state index contributed by atoms with van der Waals surface area (Å²) in [5.74, 6) is -1.27. The molecule has 0 aliphatic carbocycles. The molecule has 2 aromatic heterocycles. The molecule has 8 nitrogen and oxygen atoms in total. The van der Waals surface area contributed by atoms with E-state index in [4.69, 9.17) is 4.74 Å². The number of aromatic nitrogens is 1. The fraction of sp³-hybridized carbons (Fsp3) is 0.105. The third kappa shape index (κ3) is 4.92. The van der Waals surface area contributed by atoms with Crippen LogP contribution >= 0.6 is 22.7 Å². The van der Waals surface area contributed by atoms with E-state index in [0.717, 1.165) is 11.3 Å². The molecule has 2 heterocycles. The smallest absolute Gasteiger partial charge is 0.349 e. The third-order valence-electron chi connectivity index (χ3n) is 3.70. The fourth-order valence-corrected chi connectivity index (χ4v) is 3.93. The number of carbonyl (C=O) groups excluding carboxylic acids is 2. The SMILES string of the molecule is C=CCN(C(=O)COC(=O)c1ccc([N+](=O)[O-])s1)c1nc(-c2ccccc2)cs1. The van der Waals surface area contributed by atoms with Crippen molar-refractivity contribution in [2.24, 2.45) is 0 Å². The first-order valence-electron chi connectivity index (χ1n) is 8.33. The molecule has 0 saturated heterocycles. The molecule has 0 radical (unpaired) electrons. The zero-order valence-corrected chi connectivity index (χ0v) is 16.6. The van der Waals surface area contributed by atoms with Crippen LogP contribution in [0.4, 0.5) is 10.1 Å². The van der Waals surface area contributed by atoms with Gasteiger partial charge in [0, 0.05) is 23.6 Å². The first kappa shape index (κ1) is 20.4. The van der Waals surface area contributed by atoms with Crippen LogP contribution in [0.5, 0.6) is 0 Å². The number of esters is 1. The van der Waals surface area contributed by atoms with Crippen molar-refractivity contribution in [3.8, 4) is 11.3 Å². The molecule has 0 bridgehead atoms. The van der Waals surface area contributed by atoms with Crippen LogP contribution in [-0.4, -0.2) is 34.9 Å². The Balaban J connectivity index is 1.68. The normalized spacial score (nSPS) is 10.3. The van der Waals surface area contributed by atoms with Gasteiger partial charge in [0.05, 0.1) is 10.6 Å². The van der Waals surface area contributed by atoms with Gasteiger partial charge in [0.15, 0.2) is 11.7 Å². The molecule has 0 atom stereocenters. The van der Waals surface area contributed by atoms with Crippen LogP contribution in [-0.2, 0) is 9.53 Å². The summed E-state index contributed by atoms with van der Waals surface area (Å²) in [4.78, 5) is 40.7. The van der Waals surface area contributed by atoms with Crippen molar-refractivity contribution in [2.75, 3.05) is 18.1 Å². The fourth-order valence-electron chi connectivity index (χ4n) is 2.36. The molecule has 29 heavy (non-hydrogen) atoms. The second-order valence-corrected chi connectivity index (χ2v) is 7.54. The third-order valence-corrected chi connectivity index (χ3v) is 5.59. The predicted octanol–water partition coefficient (Wildman–Crippen LogP) is 4.16. The van der Waals surface area contributed by atoms with E-state index >= 15 is 0 Å². The molecule has 10 heteroatoms. The number of thiophene rings is 1. The standard InChI is InChI=1S/C19H15N3O5S2/c1-2-10-21(19-20-14(12-28-19)13-6-4-3-5-7-13)16(23)11-27-18(24)15-8-9-17(29-15)22(25)26/h2-9,12H,1,10-11H2. The Morgan fingerprint density at radius 2 is 2.00 bits per heavy atom. The highest BCUT2D eigenvalue weighted by Crippen LogP contribution is 2.28. The van der Waals surface area contributed by atoms with Gasteiger partial charge in [-0.15, -0.1) is 17.9 Å².